The van der Waals surface area contributed by atoms with E-state index in [-0.39, 0.29) is 18.4 Å². The number of hydrogen-bond donors (Lipinski definition) is 2. The third kappa shape index (κ3) is 4.98. The summed E-state index contributed by atoms with van der Waals surface area (Å²) in [6, 6.07) is -0.383. The molecule has 0 fully saturated rings. The third-order valence-corrected chi connectivity index (χ3v) is 2.20. The minimum absolute atomic E-state index is 0.147. The SMILES string of the molecule is C=C(CC(O)C(CC)/N=C/B=O)C(=O)NC. The second-order valence-electron chi connectivity index (χ2n) is 3.36. The van der Waals surface area contributed by atoms with Crippen molar-refractivity contribution in [2.24, 2.45) is 4.99 Å². The van der Waals surface area contributed by atoms with Gasteiger partial charge < -0.3 is 0 Å². The number of aliphatic hydroxyl groups excluding tert-OH is 1. The molecule has 1 amide bonds. The molecule has 0 heterocycles. The van der Waals surface area contributed by atoms with E-state index in [2.05, 4.69) is 16.9 Å². The number of carbonyl (C=O) groups is 1. The topological polar surface area (TPSA) is 78.8 Å². The van der Waals surface area contributed by atoms with Crippen molar-refractivity contribution >= 4 is 19.2 Å². The Morgan fingerprint density at radius 3 is 2.75 bits per heavy atom. The van der Waals surface area contributed by atoms with Crippen LogP contribution in [0.4, 0.5) is 0 Å². The molecule has 2 atom stereocenters. The number of hydrogen-bond acceptors (Lipinski definition) is 4. The molecule has 6 heteroatoms. The molecule has 16 heavy (non-hydrogen) atoms. The monoisotopic (exact) mass is 224 g/mol. The van der Waals surface area contributed by atoms with Gasteiger partial charge in [0.05, 0.1) is 0 Å². The van der Waals surface area contributed by atoms with Crippen molar-refractivity contribution in [1.29, 1.82) is 0 Å². The van der Waals surface area contributed by atoms with Crippen LogP contribution in [0.1, 0.15) is 19.8 Å². The molecule has 88 valence electrons. The molecule has 0 aliphatic carbocycles. The van der Waals surface area contributed by atoms with Crippen molar-refractivity contribution in [3.05, 3.63) is 12.2 Å². The summed E-state index contributed by atoms with van der Waals surface area (Å²) in [7, 11) is 2.06. The molecule has 0 spiro atoms. The van der Waals surface area contributed by atoms with Crippen LogP contribution in [-0.2, 0) is 9.50 Å². The molecule has 0 aliphatic heterocycles. The molecule has 0 aromatic rings. The molecular weight excluding hydrogens is 207 g/mol. The maximum absolute atomic E-state index is 11.2. The van der Waals surface area contributed by atoms with Gasteiger partial charge in [0.15, 0.2) is 0 Å². The van der Waals surface area contributed by atoms with Gasteiger partial charge in [0.25, 0.3) is 0 Å². The Bertz CT molecular complexity index is 292. The van der Waals surface area contributed by atoms with Crippen molar-refractivity contribution in [3.8, 4) is 0 Å². The average molecular weight is 224 g/mol. The number of amides is 1. The van der Waals surface area contributed by atoms with Crippen LogP contribution in [0.5, 0.6) is 0 Å². The van der Waals surface area contributed by atoms with E-state index in [4.69, 9.17) is 0 Å². The van der Waals surface area contributed by atoms with Crippen LogP contribution in [0.15, 0.2) is 17.1 Å². The number of nitrogens with one attached hydrogen (secondary N) is 1. The van der Waals surface area contributed by atoms with E-state index >= 15 is 0 Å². The normalized spacial score (nSPS) is 14.2. The first-order chi connectivity index (χ1) is 7.56. The van der Waals surface area contributed by atoms with Gasteiger partial charge in [-0.05, 0) is 0 Å². The van der Waals surface area contributed by atoms with E-state index in [1.807, 2.05) is 6.92 Å². The van der Waals surface area contributed by atoms with E-state index in [1.165, 1.54) is 7.05 Å². The fourth-order valence-corrected chi connectivity index (χ4v) is 1.28. The second-order valence-corrected chi connectivity index (χ2v) is 3.36. The van der Waals surface area contributed by atoms with Crippen LogP contribution in [0, 0.1) is 0 Å². The van der Waals surface area contributed by atoms with Gasteiger partial charge in [-0.3, -0.25) is 0 Å². The second kappa shape index (κ2) is 7.93. The Hall–Kier alpha value is -1.30. The Morgan fingerprint density at radius 2 is 2.31 bits per heavy atom. The van der Waals surface area contributed by atoms with Gasteiger partial charge in [-0.2, -0.15) is 0 Å². The summed E-state index contributed by atoms with van der Waals surface area (Å²) in [5.74, 6) is -0.298. The van der Waals surface area contributed by atoms with Gasteiger partial charge in [0, 0.05) is 0 Å². The summed E-state index contributed by atoms with van der Waals surface area (Å²) < 4.78 is 10.1. The van der Waals surface area contributed by atoms with E-state index in [1.54, 1.807) is 0 Å². The van der Waals surface area contributed by atoms with Crippen LogP contribution in [0.3, 0.4) is 0 Å². The van der Waals surface area contributed by atoms with Crippen molar-refractivity contribution < 1.29 is 14.6 Å². The van der Waals surface area contributed by atoms with Crippen LogP contribution in [0.2, 0.25) is 0 Å². The molecule has 0 radical (unpaired) electrons. The first-order valence-corrected chi connectivity index (χ1v) is 5.11. The van der Waals surface area contributed by atoms with Gasteiger partial charge in [-0.1, -0.05) is 0 Å². The van der Waals surface area contributed by atoms with E-state index < -0.39 is 6.10 Å². The zero-order chi connectivity index (χ0) is 12.6. The van der Waals surface area contributed by atoms with Gasteiger partial charge in [-0.25, -0.2) is 0 Å². The number of carbonyl (C=O) groups excluding carboxylic acids is 1. The summed E-state index contributed by atoms with van der Waals surface area (Å²) in [4.78, 5) is 15.0. The summed E-state index contributed by atoms with van der Waals surface area (Å²) >= 11 is 0. The molecule has 5 nitrogen and oxygen atoms in total. The summed E-state index contributed by atoms with van der Waals surface area (Å²) in [6.45, 7) is 5.41. The van der Waals surface area contributed by atoms with Crippen LogP contribution in [-0.4, -0.2) is 43.5 Å². The number of rotatable bonds is 7. The standard InChI is InChI=1S/C10H17BN2O3/c1-4-8(13-6-11-16)9(14)5-7(2)10(15)12-3/h6,8-9,14H,2,4-5H2,1,3H3,(H,12,15)/b13-6+. The molecule has 2 unspecified atom stereocenters. The van der Waals surface area contributed by atoms with E-state index in [0.29, 0.717) is 19.1 Å². The third-order valence-electron chi connectivity index (χ3n) is 2.20. The van der Waals surface area contributed by atoms with Gasteiger partial charge in [-0.15, -0.1) is 0 Å². The predicted octanol–water partition coefficient (Wildman–Crippen LogP) is -0.104. The predicted molar refractivity (Wildman–Crippen MR) is 62.8 cm³/mol. The van der Waals surface area contributed by atoms with Crippen molar-refractivity contribution in [1.82, 2.24) is 5.32 Å². The molecule has 2 N–H and O–H groups in total. The fourth-order valence-electron chi connectivity index (χ4n) is 1.28. The van der Waals surface area contributed by atoms with Gasteiger partial charge in [0.2, 0.25) is 0 Å². The molecule has 0 rings (SSSR count). The summed E-state index contributed by atoms with van der Waals surface area (Å²) in [5, 5.41) is 12.2. The number of aliphatic imine (C=N–C) groups is 1. The molecular formula is C10H17BN2O3. The molecule has 0 saturated heterocycles. The molecule has 0 aromatic carbocycles. The van der Waals surface area contributed by atoms with Crippen LogP contribution in [0.25, 0.3) is 0 Å². The van der Waals surface area contributed by atoms with E-state index in [9.17, 15) is 14.6 Å². The number of nitrogens with zero attached hydrogens (tertiary/aromatic N) is 1. The number of likely N-dealkylation sites (N-methyl/N-ethyl adjacent to an activating group) is 1. The van der Waals surface area contributed by atoms with Crippen LogP contribution < -0.4 is 5.32 Å². The van der Waals surface area contributed by atoms with Crippen molar-refractivity contribution in [2.45, 2.75) is 31.9 Å². The Labute approximate surface area is 95.9 Å². The maximum atomic E-state index is 11.2. The Balaban J connectivity index is 4.36. The van der Waals surface area contributed by atoms with Crippen molar-refractivity contribution in [2.75, 3.05) is 7.05 Å². The van der Waals surface area contributed by atoms with E-state index in [0.717, 1.165) is 6.11 Å². The first-order valence-electron chi connectivity index (χ1n) is 5.11. The molecule has 0 aliphatic rings. The van der Waals surface area contributed by atoms with Crippen molar-refractivity contribution in [3.63, 3.8) is 0 Å². The minimum atomic E-state index is -0.800. The summed E-state index contributed by atoms with van der Waals surface area (Å²) in [6.07, 6.45) is 1.05. The van der Waals surface area contributed by atoms with Crippen LogP contribution >= 0.6 is 0 Å². The Kier molecular flexibility index (Phi) is 7.29. The molecule has 0 saturated carbocycles. The molecule has 0 aromatic heterocycles. The van der Waals surface area contributed by atoms with Gasteiger partial charge in [0.1, 0.15) is 0 Å². The zero-order valence-electron chi connectivity index (χ0n) is 9.64. The molecule has 0 bridgehead atoms. The quantitative estimate of drug-likeness (QED) is 0.360. The first kappa shape index (κ1) is 14.7. The zero-order valence-corrected chi connectivity index (χ0v) is 9.64. The summed E-state index contributed by atoms with van der Waals surface area (Å²) in [5.41, 5.74) is 0.301. The van der Waals surface area contributed by atoms with Gasteiger partial charge >= 0.3 is 95.2 Å². The Morgan fingerprint density at radius 1 is 1.69 bits per heavy atom. The fraction of sp³-hybridized carbons (Fsp3) is 0.600. The number of aliphatic hydroxyl groups is 1. The average Bonchev–Trinajstić information content (AvgIpc) is 2.28.